The molecule has 0 amide bonds. The number of rotatable bonds is 7. The van der Waals surface area contributed by atoms with Gasteiger partial charge in [-0.2, -0.15) is 0 Å². The third-order valence-corrected chi connectivity index (χ3v) is 2.15. The minimum absolute atomic E-state index is 0.167. The zero-order valence-electron chi connectivity index (χ0n) is 10.7. The lowest BCUT2D eigenvalue weighted by Gasteiger charge is -2.09. The quantitative estimate of drug-likeness (QED) is 0.572. The maximum absolute atomic E-state index is 11.0. The van der Waals surface area contributed by atoms with Gasteiger partial charge in [0.05, 0.1) is 13.2 Å². The van der Waals surface area contributed by atoms with Gasteiger partial charge in [-0.25, -0.2) is 9.78 Å². The number of carboxylic acid groups (broad SMARTS) is 1. The fourth-order valence-corrected chi connectivity index (χ4v) is 1.35. The van der Waals surface area contributed by atoms with Crippen molar-refractivity contribution in [2.75, 3.05) is 25.1 Å². The molecule has 2 N–H and O–H groups in total. The lowest BCUT2D eigenvalue weighted by atomic mass is 10.2. The summed E-state index contributed by atoms with van der Waals surface area (Å²) in [6, 6.07) is 3.22. The number of anilines is 1. The van der Waals surface area contributed by atoms with Gasteiger partial charge in [0, 0.05) is 12.2 Å². The molecule has 18 heavy (non-hydrogen) atoms. The summed E-state index contributed by atoms with van der Waals surface area (Å²) in [5.74, 6) is -0.616. The van der Waals surface area contributed by atoms with Gasteiger partial charge in [0.15, 0.2) is 0 Å². The summed E-state index contributed by atoms with van der Waals surface area (Å²) in [5.41, 5.74) is 1.89. The highest BCUT2D eigenvalue weighted by Gasteiger charge is 2.10. The van der Waals surface area contributed by atoms with Crippen LogP contribution >= 0.6 is 0 Å². The molecule has 5 heteroatoms. The Kier molecular flexibility index (Phi) is 5.32. The topological polar surface area (TPSA) is 71.5 Å². The second-order valence-electron chi connectivity index (χ2n) is 4.09. The third-order valence-electron chi connectivity index (χ3n) is 2.15. The minimum atomic E-state index is -0.993. The van der Waals surface area contributed by atoms with Crippen LogP contribution in [0.4, 0.5) is 5.82 Å². The van der Waals surface area contributed by atoms with Crippen molar-refractivity contribution in [3.8, 4) is 0 Å². The van der Waals surface area contributed by atoms with E-state index in [1.54, 1.807) is 12.1 Å². The molecule has 0 unspecified atom stereocenters. The van der Waals surface area contributed by atoms with E-state index in [2.05, 4.69) is 16.9 Å². The van der Waals surface area contributed by atoms with Crippen LogP contribution in [0.25, 0.3) is 0 Å². The Morgan fingerprint density at radius 2 is 2.28 bits per heavy atom. The van der Waals surface area contributed by atoms with Crippen molar-refractivity contribution in [2.45, 2.75) is 13.8 Å². The highest BCUT2D eigenvalue weighted by Crippen LogP contribution is 2.12. The van der Waals surface area contributed by atoms with E-state index >= 15 is 0 Å². The number of pyridine rings is 1. The minimum Gasteiger partial charge on any atom is -0.478 e. The maximum atomic E-state index is 11.0. The maximum Gasteiger partial charge on any atom is 0.339 e. The second-order valence-corrected chi connectivity index (χ2v) is 4.09. The molecule has 1 heterocycles. The first-order valence-electron chi connectivity index (χ1n) is 5.67. The molecule has 0 fully saturated rings. The molecule has 0 aliphatic carbocycles. The van der Waals surface area contributed by atoms with E-state index in [-0.39, 0.29) is 5.56 Å². The van der Waals surface area contributed by atoms with E-state index < -0.39 is 5.97 Å². The number of hydrogen-bond donors (Lipinski definition) is 2. The van der Waals surface area contributed by atoms with E-state index in [0.29, 0.717) is 25.6 Å². The third kappa shape index (κ3) is 4.55. The van der Waals surface area contributed by atoms with E-state index in [9.17, 15) is 4.79 Å². The highest BCUT2D eigenvalue weighted by molar-refractivity contribution is 5.93. The molecule has 0 saturated heterocycles. The number of hydrogen-bond acceptors (Lipinski definition) is 4. The predicted molar refractivity (Wildman–Crippen MR) is 70.1 cm³/mol. The summed E-state index contributed by atoms with van der Waals surface area (Å²) in [6.07, 6.45) is 0. The van der Waals surface area contributed by atoms with Crippen LogP contribution in [0, 0.1) is 6.92 Å². The summed E-state index contributed by atoms with van der Waals surface area (Å²) >= 11 is 0. The molecule has 0 aliphatic rings. The standard InChI is InChI=1S/C13H18N2O3/c1-9(2)8-18-7-6-14-12-11(13(16)17)5-4-10(3)15-12/h4-5H,1,6-8H2,2-3H3,(H,14,15)(H,16,17). The van der Waals surface area contributed by atoms with Gasteiger partial charge in [-0.05, 0) is 26.0 Å². The Balaban J connectivity index is 2.53. The molecule has 0 aromatic carbocycles. The summed E-state index contributed by atoms with van der Waals surface area (Å²) in [4.78, 5) is 15.2. The number of carboxylic acids is 1. The van der Waals surface area contributed by atoms with Gasteiger partial charge in [-0.3, -0.25) is 0 Å². The predicted octanol–water partition coefficient (Wildman–Crippen LogP) is 2.09. The van der Waals surface area contributed by atoms with Crippen LogP contribution in [-0.2, 0) is 4.74 Å². The van der Waals surface area contributed by atoms with Crippen LogP contribution in [-0.4, -0.2) is 35.8 Å². The summed E-state index contributed by atoms with van der Waals surface area (Å²) in [6.45, 7) is 8.91. The SMILES string of the molecule is C=C(C)COCCNc1nc(C)ccc1C(=O)O. The largest absolute Gasteiger partial charge is 0.478 e. The van der Waals surface area contributed by atoms with Crippen molar-refractivity contribution in [1.29, 1.82) is 0 Å². The van der Waals surface area contributed by atoms with Gasteiger partial charge in [0.1, 0.15) is 11.4 Å². The molecular formula is C13H18N2O3. The molecule has 0 bridgehead atoms. The summed E-state index contributed by atoms with van der Waals surface area (Å²) in [7, 11) is 0. The van der Waals surface area contributed by atoms with Crippen molar-refractivity contribution in [1.82, 2.24) is 4.98 Å². The van der Waals surface area contributed by atoms with Gasteiger partial charge in [-0.15, -0.1) is 0 Å². The van der Waals surface area contributed by atoms with Gasteiger partial charge < -0.3 is 15.2 Å². The van der Waals surface area contributed by atoms with E-state index in [4.69, 9.17) is 9.84 Å². The molecule has 1 aromatic rings. The van der Waals surface area contributed by atoms with Gasteiger partial charge in [0.2, 0.25) is 0 Å². The van der Waals surface area contributed by atoms with Gasteiger partial charge >= 0.3 is 5.97 Å². The van der Waals surface area contributed by atoms with Crippen molar-refractivity contribution in [3.63, 3.8) is 0 Å². The van der Waals surface area contributed by atoms with Crippen LogP contribution in [0.5, 0.6) is 0 Å². The Morgan fingerprint density at radius 1 is 1.56 bits per heavy atom. The summed E-state index contributed by atoms with van der Waals surface area (Å²) in [5, 5.41) is 12.0. The first kappa shape index (κ1) is 14.2. The number of aromatic carboxylic acids is 1. The number of nitrogens with one attached hydrogen (secondary N) is 1. The molecule has 98 valence electrons. The first-order chi connectivity index (χ1) is 8.50. The number of ether oxygens (including phenoxy) is 1. The van der Waals surface area contributed by atoms with Crippen molar-refractivity contribution >= 4 is 11.8 Å². The smallest absolute Gasteiger partial charge is 0.339 e. The molecule has 0 spiro atoms. The average Bonchev–Trinajstić information content (AvgIpc) is 2.27. The van der Waals surface area contributed by atoms with E-state index in [0.717, 1.165) is 11.3 Å². The molecule has 0 aliphatic heterocycles. The molecule has 5 nitrogen and oxygen atoms in total. The van der Waals surface area contributed by atoms with Crippen LogP contribution in [0.1, 0.15) is 23.0 Å². The Hall–Kier alpha value is -1.88. The number of aryl methyl sites for hydroxylation is 1. The highest BCUT2D eigenvalue weighted by atomic mass is 16.5. The normalized spacial score (nSPS) is 10.1. The fraction of sp³-hybridized carbons (Fsp3) is 0.385. The van der Waals surface area contributed by atoms with Crippen molar-refractivity contribution in [3.05, 3.63) is 35.5 Å². The van der Waals surface area contributed by atoms with E-state index in [1.165, 1.54) is 0 Å². The van der Waals surface area contributed by atoms with Crippen LogP contribution < -0.4 is 5.32 Å². The van der Waals surface area contributed by atoms with Crippen LogP contribution in [0.15, 0.2) is 24.3 Å². The van der Waals surface area contributed by atoms with Crippen molar-refractivity contribution < 1.29 is 14.6 Å². The van der Waals surface area contributed by atoms with Gasteiger partial charge in [0.25, 0.3) is 0 Å². The lowest BCUT2D eigenvalue weighted by Crippen LogP contribution is -2.14. The lowest BCUT2D eigenvalue weighted by molar-refractivity contribution is 0.0697. The number of carbonyl (C=O) groups is 1. The monoisotopic (exact) mass is 250 g/mol. The number of aromatic nitrogens is 1. The first-order valence-corrected chi connectivity index (χ1v) is 5.67. The molecule has 1 rings (SSSR count). The Labute approximate surface area is 107 Å². The molecule has 0 atom stereocenters. The fourth-order valence-electron chi connectivity index (χ4n) is 1.35. The Bertz CT molecular complexity index is 444. The molecule has 1 aromatic heterocycles. The van der Waals surface area contributed by atoms with E-state index in [1.807, 2.05) is 13.8 Å². The molecular weight excluding hydrogens is 232 g/mol. The van der Waals surface area contributed by atoms with Gasteiger partial charge in [-0.1, -0.05) is 12.2 Å². The molecule has 0 radical (unpaired) electrons. The van der Waals surface area contributed by atoms with Crippen LogP contribution in [0.2, 0.25) is 0 Å². The zero-order valence-corrected chi connectivity index (χ0v) is 10.7. The van der Waals surface area contributed by atoms with Crippen LogP contribution in [0.3, 0.4) is 0 Å². The number of nitrogens with zero attached hydrogens (tertiary/aromatic N) is 1. The molecule has 0 saturated carbocycles. The second kappa shape index (κ2) is 6.76. The zero-order chi connectivity index (χ0) is 13.5. The average molecular weight is 250 g/mol. The van der Waals surface area contributed by atoms with Crippen molar-refractivity contribution in [2.24, 2.45) is 0 Å². The summed E-state index contributed by atoms with van der Waals surface area (Å²) < 4.78 is 5.31. The Morgan fingerprint density at radius 3 is 2.89 bits per heavy atom.